The number of aromatic nitrogens is 4. The first-order valence-electron chi connectivity index (χ1n) is 12.2. The lowest BCUT2D eigenvalue weighted by Gasteiger charge is -2.32. The summed E-state index contributed by atoms with van der Waals surface area (Å²) < 4.78 is 2.28. The number of nitrogens with zero attached hydrogens (tertiary/aromatic N) is 6. The Kier molecular flexibility index (Phi) is 7.37. The molecule has 2 aromatic rings. The molecule has 0 bridgehead atoms. The summed E-state index contributed by atoms with van der Waals surface area (Å²) in [6.07, 6.45) is 9.22. The van der Waals surface area contributed by atoms with Crippen molar-refractivity contribution in [2.45, 2.75) is 65.3 Å². The molecular weight excluding hydrogens is 390 g/mol. The van der Waals surface area contributed by atoms with E-state index in [1.165, 1.54) is 19.3 Å². The molecule has 0 radical (unpaired) electrons. The number of hydrogen-bond donors (Lipinski definition) is 1. The standard InChI is InChI=1S/C23H37N7O/c1-3-28(4-2)13-9-12-24-23(31)18-10-8-14-29(16-18)21-20-22(26-17-25-21)30-15-7-5-6-11-19(30)27-20/h17-18H,3-16H2,1-2H3,(H,24,31)/t18-/m1/s1. The van der Waals surface area contributed by atoms with E-state index in [0.717, 1.165) is 87.8 Å². The van der Waals surface area contributed by atoms with Crippen molar-refractivity contribution in [3.63, 3.8) is 0 Å². The maximum absolute atomic E-state index is 12.8. The fourth-order valence-corrected chi connectivity index (χ4v) is 4.94. The van der Waals surface area contributed by atoms with E-state index in [-0.39, 0.29) is 11.8 Å². The van der Waals surface area contributed by atoms with Crippen molar-refractivity contribution < 1.29 is 4.79 Å². The van der Waals surface area contributed by atoms with Crippen LogP contribution in [0.25, 0.3) is 11.2 Å². The summed E-state index contributed by atoms with van der Waals surface area (Å²) in [4.78, 5) is 31.6. The van der Waals surface area contributed by atoms with Crippen LogP contribution in [-0.4, -0.2) is 69.6 Å². The third-order valence-electron chi connectivity index (χ3n) is 6.81. The average Bonchev–Trinajstić information content (AvgIpc) is 3.00. The van der Waals surface area contributed by atoms with Crippen molar-refractivity contribution in [3.8, 4) is 0 Å². The Morgan fingerprint density at radius 3 is 2.87 bits per heavy atom. The number of hydrogen-bond acceptors (Lipinski definition) is 6. The highest BCUT2D eigenvalue weighted by atomic mass is 16.1. The zero-order valence-corrected chi connectivity index (χ0v) is 19.1. The largest absolute Gasteiger partial charge is 0.356 e. The van der Waals surface area contributed by atoms with Gasteiger partial charge < -0.3 is 19.7 Å². The number of carbonyl (C=O) groups is 1. The first kappa shape index (κ1) is 22.0. The Morgan fingerprint density at radius 2 is 2.03 bits per heavy atom. The molecule has 1 atom stereocenters. The van der Waals surface area contributed by atoms with Gasteiger partial charge in [-0.25, -0.2) is 15.0 Å². The van der Waals surface area contributed by atoms with Gasteiger partial charge in [-0.05, 0) is 51.7 Å². The van der Waals surface area contributed by atoms with Gasteiger partial charge in [0.2, 0.25) is 5.91 Å². The molecule has 2 aromatic heterocycles. The van der Waals surface area contributed by atoms with Gasteiger partial charge in [0.15, 0.2) is 17.0 Å². The molecule has 2 aliphatic rings. The maximum Gasteiger partial charge on any atom is 0.224 e. The predicted molar refractivity (Wildman–Crippen MR) is 123 cm³/mol. The normalized spacial score (nSPS) is 19.5. The zero-order valence-electron chi connectivity index (χ0n) is 19.1. The molecule has 0 aliphatic carbocycles. The third-order valence-corrected chi connectivity index (χ3v) is 6.81. The number of imidazole rings is 1. The van der Waals surface area contributed by atoms with Crippen LogP contribution >= 0.6 is 0 Å². The number of rotatable bonds is 8. The summed E-state index contributed by atoms with van der Waals surface area (Å²) in [5.74, 6) is 2.21. The van der Waals surface area contributed by atoms with Crippen LogP contribution in [0, 0.1) is 5.92 Å². The minimum absolute atomic E-state index is 0.00709. The molecule has 1 saturated heterocycles. The van der Waals surface area contributed by atoms with Crippen molar-refractivity contribution in [2.24, 2.45) is 5.92 Å². The van der Waals surface area contributed by atoms with Crippen LogP contribution in [0.3, 0.4) is 0 Å². The number of piperidine rings is 1. The molecule has 4 heterocycles. The molecule has 8 nitrogen and oxygen atoms in total. The number of carbonyl (C=O) groups excluding carboxylic acids is 1. The van der Waals surface area contributed by atoms with E-state index in [9.17, 15) is 4.79 Å². The highest BCUT2D eigenvalue weighted by Gasteiger charge is 2.28. The van der Waals surface area contributed by atoms with E-state index in [4.69, 9.17) is 4.98 Å². The van der Waals surface area contributed by atoms with Crippen LogP contribution < -0.4 is 10.2 Å². The van der Waals surface area contributed by atoms with E-state index in [0.29, 0.717) is 6.54 Å². The fraction of sp³-hybridized carbons (Fsp3) is 0.739. The van der Waals surface area contributed by atoms with Gasteiger partial charge in [0.1, 0.15) is 12.2 Å². The summed E-state index contributed by atoms with van der Waals surface area (Å²) >= 11 is 0. The Morgan fingerprint density at radius 1 is 1.16 bits per heavy atom. The molecule has 170 valence electrons. The Hall–Kier alpha value is -2.22. The van der Waals surface area contributed by atoms with Gasteiger partial charge >= 0.3 is 0 Å². The SMILES string of the molecule is CCN(CC)CCCNC(=O)[C@@H]1CCCN(c2ncnc3c2nc2n3CCCCC2)C1. The van der Waals surface area contributed by atoms with Crippen molar-refractivity contribution in [1.29, 1.82) is 0 Å². The molecule has 0 saturated carbocycles. The topological polar surface area (TPSA) is 79.2 Å². The minimum atomic E-state index is 0.00709. The average molecular weight is 428 g/mol. The van der Waals surface area contributed by atoms with Gasteiger partial charge in [0, 0.05) is 32.6 Å². The lowest BCUT2D eigenvalue weighted by Crippen LogP contribution is -2.44. The first-order valence-corrected chi connectivity index (χ1v) is 12.2. The molecule has 0 aromatic carbocycles. The van der Waals surface area contributed by atoms with Gasteiger partial charge in [-0.15, -0.1) is 0 Å². The fourth-order valence-electron chi connectivity index (χ4n) is 4.94. The van der Waals surface area contributed by atoms with E-state index in [1.807, 2.05) is 0 Å². The lowest BCUT2D eigenvalue weighted by molar-refractivity contribution is -0.125. The quantitative estimate of drug-likeness (QED) is 0.653. The van der Waals surface area contributed by atoms with Crippen molar-refractivity contribution in [1.82, 2.24) is 29.7 Å². The smallest absolute Gasteiger partial charge is 0.224 e. The molecule has 31 heavy (non-hydrogen) atoms. The molecule has 0 spiro atoms. The summed E-state index contributed by atoms with van der Waals surface area (Å²) in [6, 6.07) is 0. The van der Waals surface area contributed by atoms with Crippen LogP contribution in [0.4, 0.5) is 5.82 Å². The van der Waals surface area contributed by atoms with E-state index < -0.39 is 0 Å². The van der Waals surface area contributed by atoms with Crippen molar-refractivity contribution >= 4 is 22.9 Å². The van der Waals surface area contributed by atoms with Gasteiger partial charge in [-0.1, -0.05) is 20.3 Å². The summed E-state index contributed by atoms with van der Waals surface area (Å²) in [7, 11) is 0. The zero-order chi connectivity index (χ0) is 21.6. The Balaban J connectivity index is 1.40. The predicted octanol–water partition coefficient (Wildman–Crippen LogP) is 2.62. The van der Waals surface area contributed by atoms with Crippen LogP contribution in [0.2, 0.25) is 0 Å². The maximum atomic E-state index is 12.8. The molecule has 4 rings (SSSR count). The summed E-state index contributed by atoms with van der Waals surface area (Å²) in [5, 5.41) is 3.17. The molecule has 1 fully saturated rings. The highest BCUT2D eigenvalue weighted by Crippen LogP contribution is 2.29. The second-order valence-electron chi connectivity index (χ2n) is 8.82. The van der Waals surface area contributed by atoms with Gasteiger partial charge in [0.25, 0.3) is 0 Å². The number of nitrogens with one attached hydrogen (secondary N) is 1. The van der Waals surface area contributed by atoms with E-state index in [2.05, 4.69) is 43.5 Å². The van der Waals surface area contributed by atoms with Crippen LogP contribution in [0.15, 0.2) is 6.33 Å². The second kappa shape index (κ2) is 10.4. The number of aryl methyl sites for hydroxylation is 2. The number of amides is 1. The second-order valence-corrected chi connectivity index (χ2v) is 8.82. The summed E-state index contributed by atoms with van der Waals surface area (Å²) in [5.41, 5.74) is 1.85. The van der Waals surface area contributed by atoms with E-state index in [1.54, 1.807) is 6.33 Å². The Bertz CT molecular complexity index is 876. The molecule has 1 amide bonds. The van der Waals surface area contributed by atoms with Crippen LogP contribution in [-0.2, 0) is 17.8 Å². The first-order chi connectivity index (χ1) is 15.2. The number of fused-ring (bicyclic) bond motifs is 3. The van der Waals surface area contributed by atoms with Gasteiger partial charge in [-0.2, -0.15) is 0 Å². The molecule has 1 N–H and O–H groups in total. The summed E-state index contributed by atoms with van der Waals surface area (Å²) in [6.45, 7) is 10.9. The minimum Gasteiger partial charge on any atom is -0.356 e. The van der Waals surface area contributed by atoms with Crippen molar-refractivity contribution in [3.05, 3.63) is 12.2 Å². The van der Waals surface area contributed by atoms with Gasteiger partial charge in [-0.3, -0.25) is 4.79 Å². The van der Waals surface area contributed by atoms with Crippen LogP contribution in [0.5, 0.6) is 0 Å². The van der Waals surface area contributed by atoms with E-state index >= 15 is 0 Å². The highest BCUT2D eigenvalue weighted by molar-refractivity contribution is 5.85. The number of anilines is 1. The Labute approximate surface area is 185 Å². The monoisotopic (exact) mass is 427 g/mol. The van der Waals surface area contributed by atoms with Gasteiger partial charge in [0.05, 0.1) is 5.92 Å². The molecule has 2 aliphatic heterocycles. The van der Waals surface area contributed by atoms with Crippen molar-refractivity contribution in [2.75, 3.05) is 44.2 Å². The lowest BCUT2D eigenvalue weighted by atomic mass is 9.97. The third kappa shape index (κ3) is 5.00. The molecule has 8 heteroatoms. The molecule has 0 unspecified atom stereocenters. The molecular formula is C23H37N7O. The van der Waals surface area contributed by atoms with Crippen LogP contribution in [0.1, 0.15) is 58.2 Å².